The molecule has 0 atom stereocenters. The molecule has 0 fully saturated rings. The number of fused-ring (bicyclic) bond motifs is 2. The van der Waals surface area contributed by atoms with Crippen LogP contribution >= 0.6 is 0 Å². The molecular weight excluding hydrogens is 809 g/mol. The first-order chi connectivity index (χ1) is 31.8. The van der Waals surface area contributed by atoms with Gasteiger partial charge in [0, 0.05) is 7.05 Å². The van der Waals surface area contributed by atoms with Crippen molar-refractivity contribution in [2.24, 2.45) is 7.05 Å². The van der Waals surface area contributed by atoms with Crippen LogP contribution in [0.1, 0.15) is 230 Å². The van der Waals surface area contributed by atoms with Gasteiger partial charge in [0.05, 0.1) is 37.4 Å². The van der Waals surface area contributed by atoms with Gasteiger partial charge in [0.15, 0.2) is 23.0 Å². The summed E-state index contributed by atoms with van der Waals surface area (Å²) in [6.07, 6.45) is 37.9. The van der Waals surface area contributed by atoms with Crippen LogP contribution < -0.4 is 25.5 Å². The largest absolute Gasteiger partial charge is 0.490 e. The second kappa shape index (κ2) is 31.9. The molecule has 0 bridgehead atoms. The van der Waals surface area contributed by atoms with Crippen molar-refractivity contribution in [2.75, 3.05) is 19.8 Å². The number of hydrogen-bond acceptors (Lipinski definition) is 7. The van der Waals surface area contributed by atoms with Gasteiger partial charge in [-0.1, -0.05) is 194 Å². The fourth-order valence-corrected chi connectivity index (χ4v) is 8.90. The molecule has 0 N–H and O–H groups in total. The number of hydrogen-bond donors (Lipinski definition) is 0. The van der Waals surface area contributed by atoms with E-state index in [1.807, 2.05) is 17.6 Å². The molecular formula is C56H90N4O5. The van der Waals surface area contributed by atoms with Gasteiger partial charge in [-0.25, -0.2) is 9.78 Å². The van der Waals surface area contributed by atoms with E-state index in [1.165, 1.54) is 161 Å². The minimum atomic E-state index is -0.599. The van der Waals surface area contributed by atoms with Crippen LogP contribution in [0.5, 0.6) is 17.2 Å². The average Bonchev–Trinajstić information content (AvgIpc) is 3.30. The van der Waals surface area contributed by atoms with Gasteiger partial charge in [0.1, 0.15) is 0 Å². The number of aromatic nitrogens is 4. The Bertz CT molecular complexity index is 1960. The van der Waals surface area contributed by atoms with Gasteiger partial charge in [-0.3, -0.25) is 9.36 Å². The fraction of sp³-hybridized carbons (Fsp3) is 0.714. The van der Waals surface area contributed by atoms with Gasteiger partial charge in [-0.2, -0.15) is 4.98 Å². The lowest BCUT2D eigenvalue weighted by molar-refractivity contribution is 0.233. The Balaban J connectivity index is 1.57. The fourth-order valence-electron chi connectivity index (χ4n) is 8.90. The molecule has 0 saturated carbocycles. The number of unbranched alkanes of at least 4 members (excludes halogenated alkanes) is 27. The van der Waals surface area contributed by atoms with Crippen molar-refractivity contribution >= 4 is 11.0 Å². The van der Waals surface area contributed by atoms with Crippen LogP contribution in [0, 0.1) is 13.8 Å². The van der Waals surface area contributed by atoms with Gasteiger partial charge >= 0.3 is 5.69 Å². The van der Waals surface area contributed by atoms with E-state index >= 15 is 0 Å². The molecule has 0 unspecified atom stereocenters. The van der Waals surface area contributed by atoms with Crippen LogP contribution in [0.2, 0.25) is 0 Å². The van der Waals surface area contributed by atoms with Crippen molar-refractivity contribution in [3.8, 4) is 28.8 Å². The summed E-state index contributed by atoms with van der Waals surface area (Å²) >= 11 is 0. The SMILES string of the molecule is CCCCCCCCCCCCOc1cc(Cn2c3nc(=O)n(C)c(=O)c-3nc3cc(C)c(C)cc32)cc(OCCCCCCCCCCCC)c1OCCCCCCCCCCCC. The first-order valence-electron chi connectivity index (χ1n) is 26.7. The van der Waals surface area contributed by atoms with E-state index in [4.69, 9.17) is 19.2 Å². The lowest BCUT2D eigenvalue weighted by Crippen LogP contribution is -2.36. The zero-order valence-electron chi connectivity index (χ0n) is 42.2. The number of ether oxygens (including phenoxy) is 3. The number of rotatable bonds is 38. The summed E-state index contributed by atoms with van der Waals surface area (Å²) in [6, 6.07) is 8.24. The molecule has 2 aromatic rings. The van der Waals surface area contributed by atoms with Crippen LogP contribution in [0.3, 0.4) is 0 Å². The second-order valence-corrected chi connectivity index (χ2v) is 19.1. The van der Waals surface area contributed by atoms with Crippen molar-refractivity contribution < 1.29 is 14.2 Å². The summed E-state index contributed by atoms with van der Waals surface area (Å²) in [4.78, 5) is 35.7. The molecule has 0 aliphatic carbocycles. The van der Waals surface area contributed by atoms with Crippen molar-refractivity contribution in [1.29, 1.82) is 0 Å². The average molecular weight is 899 g/mol. The van der Waals surface area contributed by atoms with Gasteiger partial charge in [0.2, 0.25) is 5.75 Å². The molecule has 0 amide bonds. The summed E-state index contributed by atoms with van der Waals surface area (Å²) in [5.41, 5.74) is 3.70. The molecule has 9 heteroatoms. The van der Waals surface area contributed by atoms with E-state index < -0.39 is 11.2 Å². The highest BCUT2D eigenvalue weighted by Gasteiger charge is 2.23. The van der Waals surface area contributed by atoms with Crippen LogP contribution in [-0.2, 0) is 13.6 Å². The van der Waals surface area contributed by atoms with Gasteiger partial charge in [-0.05, 0) is 74.1 Å². The number of benzene rings is 2. The molecule has 0 saturated heterocycles. The Morgan fingerprint density at radius 2 is 0.862 bits per heavy atom. The topological polar surface area (TPSA) is 97.5 Å². The maximum Gasteiger partial charge on any atom is 0.352 e. The molecule has 2 heterocycles. The van der Waals surface area contributed by atoms with E-state index in [0.717, 1.165) is 65.3 Å². The molecule has 65 heavy (non-hydrogen) atoms. The molecule has 364 valence electrons. The molecule has 0 spiro atoms. The van der Waals surface area contributed by atoms with Crippen molar-refractivity contribution in [1.82, 2.24) is 19.1 Å². The molecule has 2 aliphatic rings. The standard InChI is InChI=1S/C56H90N4O5/c1-7-10-13-16-19-22-25-28-31-34-37-63-50-42-47(44-60-49-41-46(5)45(4)40-48(49)57-52-54(60)58-56(62)59(6)55(52)61)43-51(64-38-35-32-29-26-23-20-17-14-11-8-2)53(50)65-39-36-33-30-27-24-21-18-15-12-9-3/h40-43H,7-39,44H2,1-6H3. The summed E-state index contributed by atoms with van der Waals surface area (Å²) in [6.45, 7) is 13.1. The number of aryl methyl sites for hydroxylation is 2. The van der Waals surface area contributed by atoms with E-state index in [9.17, 15) is 9.59 Å². The molecule has 4 rings (SSSR count). The molecule has 2 aliphatic heterocycles. The van der Waals surface area contributed by atoms with E-state index in [1.54, 1.807) is 0 Å². The highest BCUT2D eigenvalue weighted by Crippen LogP contribution is 2.40. The van der Waals surface area contributed by atoms with Crippen molar-refractivity contribution in [2.45, 2.75) is 234 Å². The van der Waals surface area contributed by atoms with Gasteiger partial charge in [0.25, 0.3) is 5.56 Å². The highest BCUT2D eigenvalue weighted by molar-refractivity contribution is 5.81. The van der Waals surface area contributed by atoms with Gasteiger partial charge in [-0.15, -0.1) is 0 Å². The van der Waals surface area contributed by atoms with Crippen LogP contribution in [0.4, 0.5) is 0 Å². The second-order valence-electron chi connectivity index (χ2n) is 19.1. The predicted molar refractivity (Wildman–Crippen MR) is 273 cm³/mol. The smallest absolute Gasteiger partial charge is 0.352 e. The first-order valence-corrected chi connectivity index (χ1v) is 26.7. The Morgan fingerprint density at radius 1 is 0.477 bits per heavy atom. The molecule has 0 aromatic heterocycles. The summed E-state index contributed by atoms with van der Waals surface area (Å²) in [5, 5.41) is 0. The zero-order chi connectivity index (χ0) is 46.5. The molecule has 0 radical (unpaired) electrons. The Kier molecular flexibility index (Phi) is 26.4. The summed E-state index contributed by atoms with van der Waals surface area (Å²) < 4.78 is 23.1. The van der Waals surface area contributed by atoms with Gasteiger partial charge < -0.3 is 18.8 Å². The monoisotopic (exact) mass is 899 g/mol. The molecule has 9 nitrogen and oxygen atoms in total. The maximum atomic E-state index is 13.5. The minimum Gasteiger partial charge on any atom is -0.490 e. The van der Waals surface area contributed by atoms with E-state index in [-0.39, 0.29) is 11.5 Å². The Hall–Kier alpha value is -3.88. The van der Waals surface area contributed by atoms with E-state index in [0.29, 0.717) is 49.1 Å². The Morgan fingerprint density at radius 3 is 1.29 bits per heavy atom. The summed E-state index contributed by atoms with van der Waals surface area (Å²) in [5.74, 6) is 2.33. The number of nitrogens with zero attached hydrogens (tertiary/aromatic N) is 4. The third-order valence-corrected chi connectivity index (χ3v) is 13.3. The third-order valence-electron chi connectivity index (χ3n) is 13.3. The normalized spacial score (nSPS) is 11.6. The molecule has 2 aromatic carbocycles. The van der Waals surface area contributed by atoms with Crippen molar-refractivity contribution in [3.63, 3.8) is 0 Å². The zero-order valence-corrected chi connectivity index (χ0v) is 42.2. The van der Waals surface area contributed by atoms with Crippen LogP contribution in [0.15, 0.2) is 33.9 Å². The van der Waals surface area contributed by atoms with Crippen molar-refractivity contribution in [3.05, 3.63) is 61.8 Å². The minimum absolute atomic E-state index is 0.175. The van der Waals surface area contributed by atoms with Crippen LogP contribution in [-0.4, -0.2) is 38.9 Å². The predicted octanol–water partition coefficient (Wildman–Crippen LogP) is 15.2. The quantitative estimate of drug-likeness (QED) is 0.0326. The van der Waals surface area contributed by atoms with E-state index in [2.05, 4.69) is 50.9 Å². The third kappa shape index (κ3) is 19.1. The van der Waals surface area contributed by atoms with Crippen LogP contribution in [0.25, 0.3) is 22.6 Å². The Labute approximate surface area is 394 Å². The lowest BCUT2D eigenvalue weighted by atomic mass is 10.1. The summed E-state index contributed by atoms with van der Waals surface area (Å²) in [7, 11) is 1.46. The highest BCUT2D eigenvalue weighted by atomic mass is 16.5. The lowest BCUT2D eigenvalue weighted by Gasteiger charge is -2.21. The maximum absolute atomic E-state index is 13.5. The first kappa shape index (κ1) is 53.7.